The fourth-order valence-electron chi connectivity index (χ4n) is 2.02. The number of carbonyl (C=O) groups excluding carboxylic acids is 1. The van der Waals surface area contributed by atoms with Crippen LogP contribution in [0.4, 0.5) is 18.0 Å². The van der Waals surface area contributed by atoms with E-state index in [2.05, 4.69) is 4.98 Å². The number of alkyl halides is 3. The van der Waals surface area contributed by atoms with Crippen LogP contribution >= 0.6 is 0 Å². The first kappa shape index (κ1) is 17.3. The van der Waals surface area contributed by atoms with E-state index in [1.165, 1.54) is 6.07 Å². The molecule has 0 radical (unpaired) electrons. The van der Waals surface area contributed by atoms with Crippen LogP contribution in [0, 0.1) is 5.92 Å². The van der Waals surface area contributed by atoms with Crippen molar-refractivity contribution in [3.05, 3.63) is 35.7 Å². The summed E-state index contributed by atoms with van der Waals surface area (Å²) in [6.07, 6.45) is -0.409. The van der Waals surface area contributed by atoms with Gasteiger partial charge in [0, 0.05) is 25.2 Å². The quantitative estimate of drug-likeness (QED) is 0.825. The normalized spacial score (nSPS) is 16.5. The first-order valence-electron chi connectivity index (χ1n) is 7.24. The number of nitrogens with zero attached hydrogens (tertiary/aromatic N) is 2. The first-order valence-corrected chi connectivity index (χ1v) is 7.24. The van der Waals surface area contributed by atoms with Gasteiger partial charge in [-0.25, -0.2) is 4.79 Å². The Kier molecular flexibility index (Phi) is 4.68. The lowest BCUT2D eigenvalue weighted by molar-refractivity contribution is -0.137. The van der Waals surface area contributed by atoms with E-state index in [4.69, 9.17) is 4.74 Å². The van der Waals surface area contributed by atoms with Crippen molar-refractivity contribution in [3.8, 4) is 0 Å². The molecule has 23 heavy (non-hydrogen) atoms. The van der Waals surface area contributed by atoms with Crippen molar-refractivity contribution in [2.45, 2.75) is 32.5 Å². The summed E-state index contributed by atoms with van der Waals surface area (Å²) in [5.74, 6) is 0.159. The van der Waals surface area contributed by atoms with E-state index in [-0.39, 0.29) is 12.0 Å². The van der Waals surface area contributed by atoms with Gasteiger partial charge in [-0.3, -0.25) is 4.98 Å². The number of hydrogen-bond donors (Lipinski definition) is 0. The summed E-state index contributed by atoms with van der Waals surface area (Å²) in [4.78, 5) is 17.1. The molecule has 0 saturated carbocycles. The van der Waals surface area contributed by atoms with Crippen LogP contribution in [0.1, 0.15) is 32.0 Å². The Labute approximate surface area is 133 Å². The van der Waals surface area contributed by atoms with Crippen LogP contribution < -0.4 is 0 Å². The van der Waals surface area contributed by atoms with E-state index in [1.807, 2.05) is 6.08 Å². The van der Waals surface area contributed by atoms with Gasteiger partial charge in [-0.1, -0.05) is 6.08 Å². The summed E-state index contributed by atoms with van der Waals surface area (Å²) >= 11 is 0. The van der Waals surface area contributed by atoms with Gasteiger partial charge < -0.3 is 9.64 Å². The zero-order valence-electron chi connectivity index (χ0n) is 13.2. The van der Waals surface area contributed by atoms with Gasteiger partial charge in [-0.05, 0) is 39.0 Å². The maximum atomic E-state index is 12.4. The molecular weight excluding hydrogens is 309 g/mol. The highest BCUT2D eigenvalue weighted by atomic mass is 19.4. The summed E-state index contributed by atoms with van der Waals surface area (Å²) in [5.41, 5.74) is -0.842. The maximum absolute atomic E-state index is 12.4. The number of aromatic nitrogens is 1. The lowest BCUT2D eigenvalue weighted by Crippen LogP contribution is -2.50. The average Bonchev–Trinajstić information content (AvgIpc) is 2.34. The van der Waals surface area contributed by atoms with E-state index in [0.29, 0.717) is 18.8 Å². The van der Waals surface area contributed by atoms with E-state index in [1.54, 1.807) is 31.7 Å². The molecule has 126 valence electrons. The van der Waals surface area contributed by atoms with Crippen molar-refractivity contribution in [3.63, 3.8) is 0 Å². The molecule has 7 heteroatoms. The SMILES string of the molecule is CC(C)(C)OC(=O)N1CC(C=Cc2ccc(C(F)(F)F)cn2)C1. The van der Waals surface area contributed by atoms with E-state index >= 15 is 0 Å². The van der Waals surface area contributed by atoms with Crippen LogP contribution in [0.5, 0.6) is 0 Å². The lowest BCUT2D eigenvalue weighted by atomic mass is 10.00. The van der Waals surface area contributed by atoms with Gasteiger partial charge in [-0.15, -0.1) is 0 Å². The molecule has 2 heterocycles. The number of likely N-dealkylation sites (tertiary alicyclic amines) is 1. The topological polar surface area (TPSA) is 42.4 Å². The van der Waals surface area contributed by atoms with E-state index in [9.17, 15) is 18.0 Å². The maximum Gasteiger partial charge on any atom is 0.417 e. The predicted octanol–water partition coefficient (Wildman–Crippen LogP) is 3.98. The molecule has 1 amide bonds. The number of halogens is 3. The molecule has 1 aromatic heterocycles. The monoisotopic (exact) mass is 328 g/mol. The van der Waals surface area contributed by atoms with Crippen LogP contribution in [0.2, 0.25) is 0 Å². The van der Waals surface area contributed by atoms with Gasteiger partial charge in [0.1, 0.15) is 5.60 Å². The largest absolute Gasteiger partial charge is 0.444 e. The zero-order valence-corrected chi connectivity index (χ0v) is 13.2. The molecule has 1 aromatic rings. The number of ether oxygens (including phenoxy) is 1. The minimum atomic E-state index is -4.38. The molecule has 0 unspecified atom stereocenters. The Hall–Kier alpha value is -2.05. The van der Waals surface area contributed by atoms with Crippen LogP contribution in [0.3, 0.4) is 0 Å². The van der Waals surface area contributed by atoms with Gasteiger partial charge in [0.05, 0.1) is 11.3 Å². The third kappa shape index (κ3) is 4.97. The fraction of sp³-hybridized carbons (Fsp3) is 0.500. The van der Waals surface area contributed by atoms with Gasteiger partial charge in [-0.2, -0.15) is 13.2 Å². The molecule has 1 fully saturated rings. The van der Waals surface area contributed by atoms with E-state index < -0.39 is 17.3 Å². The summed E-state index contributed by atoms with van der Waals surface area (Å²) in [5, 5.41) is 0. The first-order chi connectivity index (χ1) is 10.5. The third-order valence-electron chi connectivity index (χ3n) is 3.21. The second kappa shape index (κ2) is 6.22. The molecule has 2 rings (SSSR count). The van der Waals surface area contributed by atoms with Gasteiger partial charge in [0.2, 0.25) is 0 Å². The molecule has 1 aliphatic rings. The van der Waals surface area contributed by atoms with Crippen molar-refractivity contribution in [1.29, 1.82) is 0 Å². The summed E-state index contributed by atoms with van der Waals surface area (Å²) < 4.78 is 42.5. The molecule has 0 aromatic carbocycles. The van der Waals surface area contributed by atoms with Crippen molar-refractivity contribution in [1.82, 2.24) is 9.88 Å². The minimum absolute atomic E-state index is 0.159. The second-order valence-electron chi connectivity index (χ2n) is 6.47. The molecule has 1 aliphatic heterocycles. The van der Waals surface area contributed by atoms with Crippen LogP contribution in [0.25, 0.3) is 6.08 Å². The van der Waals surface area contributed by atoms with Crippen molar-refractivity contribution >= 4 is 12.2 Å². The van der Waals surface area contributed by atoms with Crippen LogP contribution in [-0.4, -0.2) is 34.7 Å². The summed E-state index contributed by atoms with van der Waals surface area (Å²) in [6, 6.07) is 2.32. The number of hydrogen-bond acceptors (Lipinski definition) is 3. The zero-order chi connectivity index (χ0) is 17.3. The Morgan fingerprint density at radius 3 is 2.43 bits per heavy atom. The van der Waals surface area contributed by atoms with Crippen molar-refractivity contribution in [2.75, 3.05) is 13.1 Å². The summed E-state index contributed by atoms with van der Waals surface area (Å²) in [6.45, 7) is 6.48. The Bertz CT molecular complexity index is 583. The average molecular weight is 328 g/mol. The highest BCUT2D eigenvalue weighted by Gasteiger charge is 2.32. The Morgan fingerprint density at radius 2 is 1.96 bits per heavy atom. The van der Waals surface area contributed by atoms with Gasteiger partial charge in [0.25, 0.3) is 0 Å². The number of amides is 1. The van der Waals surface area contributed by atoms with Crippen LogP contribution in [0.15, 0.2) is 24.4 Å². The minimum Gasteiger partial charge on any atom is -0.444 e. The number of rotatable bonds is 2. The third-order valence-corrected chi connectivity index (χ3v) is 3.21. The highest BCUT2D eigenvalue weighted by molar-refractivity contribution is 5.69. The lowest BCUT2D eigenvalue weighted by Gasteiger charge is -2.38. The smallest absolute Gasteiger partial charge is 0.417 e. The molecular formula is C16H19F3N2O2. The summed E-state index contributed by atoms with van der Waals surface area (Å²) in [7, 11) is 0. The molecule has 0 bridgehead atoms. The standard InChI is InChI=1S/C16H19F3N2O2/c1-15(2,3)23-14(22)21-9-11(10-21)4-6-13-7-5-12(8-20-13)16(17,18)19/h4-8,11H,9-10H2,1-3H3. The Morgan fingerprint density at radius 1 is 1.30 bits per heavy atom. The van der Waals surface area contributed by atoms with Crippen molar-refractivity contribution < 1.29 is 22.7 Å². The molecule has 1 saturated heterocycles. The van der Waals surface area contributed by atoms with Crippen LogP contribution in [-0.2, 0) is 10.9 Å². The Balaban J connectivity index is 1.83. The number of carbonyl (C=O) groups is 1. The molecule has 0 atom stereocenters. The predicted molar refractivity (Wildman–Crippen MR) is 79.6 cm³/mol. The molecule has 0 aliphatic carbocycles. The number of pyridine rings is 1. The van der Waals surface area contributed by atoms with Gasteiger partial charge in [0.15, 0.2) is 0 Å². The fourth-order valence-corrected chi connectivity index (χ4v) is 2.02. The second-order valence-corrected chi connectivity index (χ2v) is 6.47. The van der Waals surface area contributed by atoms with E-state index in [0.717, 1.165) is 12.3 Å². The highest BCUT2D eigenvalue weighted by Crippen LogP contribution is 2.28. The molecule has 4 nitrogen and oxygen atoms in total. The molecule has 0 N–H and O–H groups in total. The van der Waals surface area contributed by atoms with Gasteiger partial charge >= 0.3 is 12.3 Å². The molecule has 0 spiro atoms. The van der Waals surface area contributed by atoms with Crippen molar-refractivity contribution in [2.24, 2.45) is 5.92 Å².